The Balaban J connectivity index is 1.86. The van der Waals surface area contributed by atoms with Gasteiger partial charge in [0.25, 0.3) is 0 Å². The Bertz CT molecular complexity index is 942. The van der Waals surface area contributed by atoms with Crippen molar-refractivity contribution in [1.82, 2.24) is 9.47 Å². The van der Waals surface area contributed by atoms with E-state index in [-0.39, 0.29) is 17.2 Å². The number of fused-ring (bicyclic) bond motifs is 3. The van der Waals surface area contributed by atoms with Crippen molar-refractivity contribution in [2.75, 3.05) is 31.1 Å². The quantitative estimate of drug-likeness (QED) is 0.844. The number of ether oxygens (including phenoxy) is 1. The van der Waals surface area contributed by atoms with Crippen LogP contribution in [-0.2, 0) is 6.54 Å². The molecular weight excluding hydrogens is 341 g/mol. The van der Waals surface area contributed by atoms with E-state index in [0.717, 1.165) is 32.6 Å². The minimum absolute atomic E-state index is 0.122. The average molecular weight is 361 g/mol. The molecule has 1 N–H and O–H groups in total. The van der Waals surface area contributed by atoms with E-state index in [1.807, 2.05) is 6.92 Å². The molecule has 2 saturated heterocycles. The van der Waals surface area contributed by atoms with Crippen LogP contribution in [0.1, 0.15) is 13.3 Å². The van der Waals surface area contributed by atoms with Gasteiger partial charge in [-0.15, -0.1) is 0 Å². The number of pyridine rings is 1. The molecular formula is C18H20FN3O4. The summed E-state index contributed by atoms with van der Waals surface area (Å²) in [6, 6.07) is 3.19. The SMILES string of the molecule is CCn1cc(OC(=O)O)c(=O)c2cc(F)c(N3CCN4CCC3C4)cc21. The van der Waals surface area contributed by atoms with Gasteiger partial charge in [-0.05, 0) is 25.5 Å². The summed E-state index contributed by atoms with van der Waals surface area (Å²) in [6.07, 6.45) is 0.803. The molecule has 1 aromatic heterocycles. The fraction of sp³-hybridized carbons (Fsp3) is 0.444. The molecule has 2 aliphatic heterocycles. The lowest BCUT2D eigenvalue weighted by Gasteiger charge is -2.36. The molecule has 3 heterocycles. The minimum atomic E-state index is -1.57. The molecule has 138 valence electrons. The summed E-state index contributed by atoms with van der Waals surface area (Å²) >= 11 is 0. The van der Waals surface area contributed by atoms with Crippen LogP contribution in [0.25, 0.3) is 10.9 Å². The maximum absolute atomic E-state index is 14.9. The second-order valence-electron chi connectivity index (χ2n) is 6.73. The van der Waals surface area contributed by atoms with Gasteiger partial charge in [0.2, 0.25) is 5.43 Å². The van der Waals surface area contributed by atoms with Crippen molar-refractivity contribution in [3.63, 3.8) is 0 Å². The zero-order valence-electron chi connectivity index (χ0n) is 14.4. The van der Waals surface area contributed by atoms with Crippen molar-refractivity contribution in [1.29, 1.82) is 0 Å². The second-order valence-corrected chi connectivity index (χ2v) is 6.73. The van der Waals surface area contributed by atoms with E-state index in [0.29, 0.717) is 17.7 Å². The number of benzene rings is 1. The molecule has 7 nitrogen and oxygen atoms in total. The lowest BCUT2D eigenvalue weighted by molar-refractivity contribution is 0.144. The van der Waals surface area contributed by atoms with E-state index in [9.17, 15) is 14.0 Å². The summed E-state index contributed by atoms with van der Waals surface area (Å²) in [5.41, 5.74) is 0.452. The van der Waals surface area contributed by atoms with Gasteiger partial charge in [0.05, 0.1) is 22.8 Å². The summed E-state index contributed by atoms with van der Waals surface area (Å²) in [4.78, 5) is 27.8. The Morgan fingerprint density at radius 2 is 2.15 bits per heavy atom. The maximum atomic E-state index is 14.9. The molecule has 0 spiro atoms. The van der Waals surface area contributed by atoms with Crippen molar-refractivity contribution in [2.45, 2.75) is 25.9 Å². The molecule has 2 atom stereocenters. The number of piperazine rings is 1. The van der Waals surface area contributed by atoms with Crippen LogP contribution in [0, 0.1) is 5.82 Å². The molecule has 2 aliphatic rings. The van der Waals surface area contributed by atoms with Crippen LogP contribution >= 0.6 is 0 Å². The third-order valence-corrected chi connectivity index (χ3v) is 5.31. The number of halogens is 1. The number of aryl methyl sites for hydroxylation is 1. The highest BCUT2D eigenvalue weighted by Gasteiger charge is 2.34. The van der Waals surface area contributed by atoms with Crippen LogP contribution in [0.2, 0.25) is 0 Å². The normalized spacial score (nSPS) is 22.0. The molecule has 2 fully saturated rings. The van der Waals surface area contributed by atoms with Crippen LogP contribution in [-0.4, -0.2) is 52.9 Å². The smallest absolute Gasteiger partial charge is 0.449 e. The molecule has 8 heteroatoms. The number of anilines is 1. The Hall–Kier alpha value is -2.61. The summed E-state index contributed by atoms with van der Waals surface area (Å²) in [5, 5.41) is 8.92. The van der Waals surface area contributed by atoms with Crippen LogP contribution < -0.4 is 15.1 Å². The van der Waals surface area contributed by atoms with Crippen molar-refractivity contribution < 1.29 is 19.0 Å². The summed E-state index contributed by atoms with van der Waals surface area (Å²) in [6.45, 7) is 5.99. The van der Waals surface area contributed by atoms with Crippen molar-refractivity contribution in [3.05, 3.63) is 34.4 Å². The lowest BCUT2D eigenvalue weighted by atomic mass is 10.1. The Labute approximate surface area is 149 Å². The predicted molar refractivity (Wildman–Crippen MR) is 94.7 cm³/mol. The van der Waals surface area contributed by atoms with Crippen molar-refractivity contribution >= 4 is 22.7 Å². The highest BCUT2D eigenvalue weighted by molar-refractivity contribution is 5.85. The number of hydrogen-bond donors (Lipinski definition) is 1. The van der Waals surface area contributed by atoms with Gasteiger partial charge in [0, 0.05) is 38.8 Å². The molecule has 1 aromatic carbocycles. The molecule has 0 aliphatic carbocycles. The number of nitrogens with zero attached hydrogens (tertiary/aromatic N) is 3. The van der Waals surface area contributed by atoms with Gasteiger partial charge in [-0.3, -0.25) is 9.69 Å². The Morgan fingerprint density at radius 3 is 2.88 bits per heavy atom. The first kappa shape index (κ1) is 16.8. The first-order chi connectivity index (χ1) is 12.5. The van der Waals surface area contributed by atoms with E-state index < -0.39 is 17.4 Å². The third kappa shape index (κ3) is 2.70. The molecule has 2 bridgehead atoms. The predicted octanol–water partition coefficient (Wildman–Crippen LogP) is 2.11. The van der Waals surface area contributed by atoms with E-state index in [4.69, 9.17) is 5.11 Å². The fourth-order valence-electron chi connectivity index (χ4n) is 4.04. The monoisotopic (exact) mass is 361 g/mol. The van der Waals surface area contributed by atoms with Gasteiger partial charge in [0.1, 0.15) is 5.82 Å². The summed E-state index contributed by atoms with van der Waals surface area (Å²) in [7, 11) is 0. The van der Waals surface area contributed by atoms with Crippen LogP contribution in [0.5, 0.6) is 5.75 Å². The average Bonchev–Trinajstić information content (AvgIpc) is 2.99. The first-order valence-corrected chi connectivity index (χ1v) is 8.74. The number of aromatic nitrogens is 1. The van der Waals surface area contributed by atoms with Crippen LogP contribution in [0.15, 0.2) is 23.1 Å². The summed E-state index contributed by atoms with van der Waals surface area (Å²) < 4.78 is 21.2. The van der Waals surface area contributed by atoms with Crippen molar-refractivity contribution in [3.8, 4) is 5.75 Å². The lowest BCUT2D eigenvalue weighted by Crippen LogP contribution is -2.47. The van der Waals surface area contributed by atoms with Gasteiger partial charge in [0.15, 0.2) is 5.75 Å². The molecule has 0 saturated carbocycles. The highest BCUT2D eigenvalue weighted by atomic mass is 19.1. The van der Waals surface area contributed by atoms with Gasteiger partial charge in [-0.1, -0.05) is 0 Å². The van der Waals surface area contributed by atoms with Gasteiger partial charge in [-0.25, -0.2) is 9.18 Å². The van der Waals surface area contributed by atoms with Crippen LogP contribution in [0.4, 0.5) is 14.9 Å². The second kappa shape index (κ2) is 6.28. The molecule has 26 heavy (non-hydrogen) atoms. The van der Waals surface area contributed by atoms with Crippen LogP contribution in [0.3, 0.4) is 0 Å². The zero-order chi connectivity index (χ0) is 18.4. The van der Waals surface area contributed by atoms with E-state index >= 15 is 0 Å². The summed E-state index contributed by atoms with van der Waals surface area (Å²) in [5.74, 6) is -0.784. The molecule has 0 radical (unpaired) electrons. The van der Waals surface area contributed by atoms with Gasteiger partial charge >= 0.3 is 6.16 Å². The topological polar surface area (TPSA) is 75.0 Å². The maximum Gasteiger partial charge on any atom is 0.511 e. The van der Waals surface area contributed by atoms with E-state index in [1.165, 1.54) is 12.3 Å². The molecule has 2 aromatic rings. The largest absolute Gasteiger partial charge is 0.511 e. The highest BCUT2D eigenvalue weighted by Crippen LogP contribution is 2.31. The van der Waals surface area contributed by atoms with E-state index in [1.54, 1.807) is 10.6 Å². The zero-order valence-corrected chi connectivity index (χ0v) is 14.4. The van der Waals surface area contributed by atoms with Gasteiger partial charge < -0.3 is 19.3 Å². The number of hydrogen-bond acceptors (Lipinski definition) is 5. The Kier molecular flexibility index (Phi) is 4.07. The van der Waals surface area contributed by atoms with E-state index in [2.05, 4.69) is 14.5 Å². The Morgan fingerprint density at radius 1 is 1.35 bits per heavy atom. The molecule has 4 rings (SSSR count). The number of carbonyl (C=O) groups is 1. The van der Waals surface area contributed by atoms with Gasteiger partial charge in [-0.2, -0.15) is 0 Å². The third-order valence-electron chi connectivity index (χ3n) is 5.31. The fourth-order valence-corrected chi connectivity index (χ4v) is 4.04. The number of carboxylic acid groups (broad SMARTS) is 1. The van der Waals surface area contributed by atoms with Crippen molar-refractivity contribution in [2.24, 2.45) is 0 Å². The molecule has 2 unspecified atom stereocenters. The standard InChI is InChI=1S/C18H20FN3O4/c1-2-21-10-16(26-18(24)25)17(23)12-7-13(19)15(8-14(12)21)22-6-5-20-4-3-11(22)9-20/h7-8,10-11H,2-6,9H2,1H3,(H,24,25). The number of rotatable bonds is 3. The minimum Gasteiger partial charge on any atom is -0.449 e. The molecule has 0 amide bonds. The first-order valence-electron chi connectivity index (χ1n) is 8.74.